The average Bonchev–Trinajstić information content (AvgIpc) is 3.10. The van der Waals surface area contributed by atoms with Crippen molar-refractivity contribution in [2.45, 2.75) is 40.2 Å². The molecule has 0 aliphatic heterocycles. The largest absolute Gasteiger partial charge is 0.452 e. The minimum absolute atomic E-state index is 0.0196. The predicted octanol–water partition coefficient (Wildman–Crippen LogP) is 2.82. The molecular formula is C19H20ClN5O3. The van der Waals surface area contributed by atoms with Crippen LogP contribution < -0.4 is 5.32 Å². The Labute approximate surface area is 166 Å². The van der Waals surface area contributed by atoms with Gasteiger partial charge in [0, 0.05) is 27.7 Å². The maximum absolute atomic E-state index is 12.4. The first-order chi connectivity index (χ1) is 13.3. The lowest BCUT2D eigenvalue weighted by Gasteiger charge is -2.16. The normalized spacial score (nSPS) is 12.0. The van der Waals surface area contributed by atoms with Crippen molar-refractivity contribution in [1.82, 2.24) is 19.6 Å². The van der Waals surface area contributed by atoms with Crippen molar-refractivity contribution in [2.24, 2.45) is 0 Å². The molecule has 8 nitrogen and oxygen atoms in total. The van der Waals surface area contributed by atoms with E-state index in [1.54, 1.807) is 36.6 Å². The van der Waals surface area contributed by atoms with Crippen LogP contribution in [-0.2, 0) is 20.7 Å². The number of ether oxygens (including phenoxy) is 1. The van der Waals surface area contributed by atoms with Crippen LogP contribution in [0, 0.1) is 20.8 Å². The highest BCUT2D eigenvalue weighted by atomic mass is 35.5. The Morgan fingerprint density at radius 2 is 2.04 bits per heavy atom. The molecule has 28 heavy (non-hydrogen) atoms. The van der Waals surface area contributed by atoms with E-state index in [1.165, 1.54) is 13.3 Å². The number of hydrogen-bond acceptors (Lipinski definition) is 6. The van der Waals surface area contributed by atoms with Crippen LogP contribution in [0.15, 0.2) is 24.5 Å². The lowest BCUT2D eigenvalue weighted by molar-refractivity contribution is -0.152. The molecule has 0 saturated heterocycles. The van der Waals surface area contributed by atoms with Gasteiger partial charge in [-0.05, 0) is 45.4 Å². The van der Waals surface area contributed by atoms with Gasteiger partial charge in [0.05, 0.1) is 6.42 Å². The maximum atomic E-state index is 12.4. The molecule has 1 aromatic carbocycles. The molecule has 0 bridgehead atoms. The highest BCUT2D eigenvalue weighted by Crippen LogP contribution is 2.23. The zero-order valence-electron chi connectivity index (χ0n) is 16.0. The smallest absolute Gasteiger partial charge is 0.311 e. The highest BCUT2D eigenvalue weighted by Gasteiger charge is 2.21. The van der Waals surface area contributed by atoms with Crippen molar-refractivity contribution in [3.8, 4) is 0 Å². The van der Waals surface area contributed by atoms with E-state index in [0.717, 1.165) is 11.3 Å². The number of halogens is 1. The first kappa shape index (κ1) is 19.8. The van der Waals surface area contributed by atoms with Crippen LogP contribution in [0.5, 0.6) is 0 Å². The Morgan fingerprint density at radius 3 is 2.79 bits per heavy atom. The van der Waals surface area contributed by atoms with Crippen LogP contribution in [-0.4, -0.2) is 37.6 Å². The van der Waals surface area contributed by atoms with Gasteiger partial charge in [0.2, 0.25) is 0 Å². The molecule has 2 aromatic heterocycles. The lowest BCUT2D eigenvalue weighted by Crippen LogP contribution is -2.31. The molecule has 2 heterocycles. The average molecular weight is 402 g/mol. The Morgan fingerprint density at radius 1 is 1.29 bits per heavy atom. The summed E-state index contributed by atoms with van der Waals surface area (Å²) in [5.74, 6) is -0.494. The third-order valence-electron chi connectivity index (χ3n) is 4.51. The van der Waals surface area contributed by atoms with Crippen LogP contribution in [0.4, 0.5) is 5.69 Å². The molecule has 3 rings (SSSR count). The summed E-state index contributed by atoms with van der Waals surface area (Å²) in [7, 11) is 0. The number of benzene rings is 1. The second-order valence-corrected chi connectivity index (χ2v) is 6.85. The van der Waals surface area contributed by atoms with Crippen molar-refractivity contribution in [3.63, 3.8) is 0 Å². The van der Waals surface area contributed by atoms with E-state index in [4.69, 9.17) is 16.3 Å². The number of nitrogens with zero attached hydrogens (tertiary/aromatic N) is 4. The molecule has 1 amide bonds. The van der Waals surface area contributed by atoms with Crippen molar-refractivity contribution in [3.05, 3.63) is 52.1 Å². The third kappa shape index (κ3) is 3.96. The molecule has 0 aliphatic carbocycles. The van der Waals surface area contributed by atoms with E-state index in [9.17, 15) is 9.59 Å². The van der Waals surface area contributed by atoms with Gasteiger partial charge in [-0.1, -0.05) is 17.7 Å². The number of aryl methyl sites for hydroxylation is 2. The molecule has 1 N–H and O–H groups in total. The predicted molar refractivity (Wildman–Crippen MR) is 104 cm³/mol. The van der Waals surface area contributed by atoms with Crippen molar-refractivity contribution < 1.29 is 14.3 Å². The Bertz CT molecular complexity index is 1060. The zero-order valence-corrected chi connectivity index (χ0v) is 16.7. The topological polar surface area (TPSA) is 98.5 Å². The molecule has 9 heteroatoms. The summed E-state index contributed by atoms with van der Waals surface area (Å²) >= 11 is 6.06. The van der Waals surface area contributed by atoms with Gasteiger partial charge < -0.3 is 10.1 Å². The number of aromatic nitrogens is 4. The number of esters is 1. The quantitative estimate of drug-likeness (QED) is 0.660. The third-order valence-corrected chi connectivity index (χ3v) is 4.92. The van der Waals surface area contributed by atoms with Crippen LogP contribution in [0.25, 0.3) is 5.78 Å². The molecule has 0 radical (unpaired) electrons. The van der Waals surface area contributed by atoms with Crippen LogP contribution in [0.1, 0.15) is 29.4 Å². The number of fused-ring (bicyclic) bond motifs is 1. The molecule has 0 fully saturated rings. The molecule has 1 atom stereocenters. The zero-order chi connectivity index (χ0) is 20.4. The fourth-order valence-corrected chi connectivity index (χ4v) is 3.00. The summed E-state index contributed by atoms with van der Waals surface area (Å²) in [6.45, 7) is 6.94. The number of rotatable bonds is 5. The van der Waals surface area contributed by atoms with E-state index < -0.39 is 18.0 Å². The minimum Gasteiger partial charge on any atom is -0.452 e. The van der Waals surface area contributed by atoms with Crippen LogP contribution >= 0.6 is 11.6 Å². The van der Waals surface area contributed by atoms with E-state index >= 15 is 0 Å². The summed E-state index contributed by atoms with van der Waals surface area (Å²) in [4.78, 5) is 33.1. The van der Waals surface area contributed by atoms with E-state index in [-0.39, 0.29) is 6.42 Å². The summed E-state index contributed by atoms with van der Waals surface area (Å²) in [6, 6.07) is 5.21. The molecule has 0 spiro atoms. The molecule has 0 unspecified atom stereocenters. The van der Waals surface area contributed by atoms with E-state index in [0.29, 0.717) is 27.7 Å². The van der Waals surface area contributed by atoms with Crippen LogP contribution in [0.3, 0.4) is 0 Å². The monoisotopic (exact) mass is 401 g/mol. The number of carbonyl (C=O) groups is 2. The number of nitrogens with one attached hydrogen (secondary N) is 1. The minimum atomic E-state index is -0.963. The van der Waals surface area contributed by atoms with Gasteiger partial charge in [0.25, 0.3) is 11.7 Å². The Balaban J connectivity index is 1.67. The standard InChI is InChI=1S/C19H20ClN5O3/c1-10-15(20)6-5-7-16(10)24-18(27)13(4)28-17(26)8-14-11(2)23-19-21-9-22-25(19)12(14)3/h5-7,9,13H,8H2,1-4H3,(H,24,27)/t13-/m1/s1. The van der Waals surface area contributed by atoms with Crippen LogP contribution in [0.2, 0.25) is 5.02 Å². The van der Waals surface area contributed by atoms with Gasteiger partial charge in [-0.3, -0.25) is 9.59 Å². The second-order valence-electron chi connectivity index (χ2n) is 6.44. The Kier molecular flexibility index (Phi) is 5.60. The second kappa shape index (κ2) is 7.93. The van der Waals surface area contributed by atoms with Gasteiger partial charge >= 0.3 is 5.97 Å². The fraction of sp³-hybridized carbons (Fsp3) is 0.316. The SMILES string of the molecule is Cc1nc2ncnn2c(C)c1CC(=O)O[C@H](C)C(=O)Nc1cccc(Cl)c1C. The molecule has 146 valence electrons. The summed E-state index contributed by atoms with van der Waals surface area (Å²) in [5.41, 5.74) is 3.44. The van der Waals surface area contributed by atoms with Gasteiger partial charge in [-0.2, -0.15) is 10.1 Å². The van der Waals surface area contributed by atoms with E-state index in [2.05, 4.69) is 20.4 Å². The first-order valence-electron chi connectivity index (χ1n) is 8.69. The van der Waals surface area contributed by atoms with E-state index in [1.807, 2.05) is 6.92 Å². The molecule has 0 aliphatic rings. The number of carbonyl (C=O) groups excluding carboxylic acids is 2. The van der Waals surface area contributed by atoms with Crippen molar-refractivity contribution in [2.75, 3.05) is 5.32 Å². The lowest BCUT2D eigenvalue weighted by atomic mass is 10.1. The number of anilines is 1. The molecule has 0 saturated carbocycles. The number of hydrogen-bond donors (Lipinski definition) is 1. The number of amides is 1. The van der Waals surface area contributed by atoms with Crippen molar-refractivity contribution >= 4 is 34.9 Å². The van der Waals surface area contributed by atoms with Gasteiger partial charge in [-0.15, -0.1) is 0 Å². The van der Waals surface area contributed by atoms with Gasteiger partial charge in [0.15, 0.2) is 6.10 Å². The van der Waals surface area contributed by atoms with Gasteiger partial charge in [-0.25, -0.2) is 9.50 Å². The summed E-state index contributed by atoms with van der Waals surface area (Å²) < 4.78 is 6.87. The fourth-order valence-electron chi connectivity index (χ4n) is 2.83. The molecular weight excluding hydrogens is 382 g/mol. The Hall–Kier alpha value is -3.00. The van der Waals surface area contributed by atoms with Gasteiger partial charge in [0.1, 0.15) is 6.33 Å². The highest BCUT2D eigenvalue weighted by molar-refractivity contribution is 6.31. The first-order valence-corrected chi connectivity index (χ1v) is 9.07. The van der Waals surface area contributed by atoms with Crippen molar-refractivity contribution in [1.29, 1.82) is 0 Å². The maximum Gasteiger partial charge on any atom is 0.311 e. The molecule has 3 aromatic rings. The summed E-state index contributed by atoms with van der Waals surface area (Å²) in [5, 5.41) is 7.37. The summed E-state index contributed by atoms with van der Waals surface area (Å²) in [6.07, 6.45) is 0.421.